The SMILES string of the molecule is N#Cc1cnn2cc(O)cc(-c3cccnc3)c12. The molecular weight excluding hydrogens is 228 g/mol. The summed E-state index contributed by atoms with van der Waals surface area (Å²) >= 11 is 0. The van der Waals surface area contributed by atoms with E-state index < -0.39 is 0 Å². The molecule has 0 fully saturated rings. The average Bonchev–Trinajstić information content (AvgIpc) is 2.81. The van der Waals surface area contributed by atoms with E-state index in [4.69, 9.17) is 5.26 Å². The summed E-state index contributed by atoms with van der Waals surface area (Å²) in [4.78, 5) is 4.04. The van der Waals surface area contributed by atoms with Crippen molar-refractivity contribution in [2.45, 2.75) is 0 Å². The second-order valence-corrected chi connectivity index (χ2v) is 3.82. The Kier molecular flexibility index (Phi) is 2.21. The van der Waals surface area contributed by atoms with Crippen molar-refractivity contribution < 1.29 is 5.11 Å². The van der Waals surface area contributed by atoms with E-state index in [1.165, 1.54) is 16.9 Å². The van der Waals surface area contributed by atoms with Gasteiger partial charge in [0.05, 0.1) is 23.5 Å². The number of hydrogen-bond donors (Lipinski definition) is 1. The van der Waals surface area contributed by atoms with Crippen molar-refractivity contribution in [3.63, 3.8) is 0 Å². The third-order valence-electron chi connectivity index (χ3n) is 2.69. The highest BCUT2D eigenvalue weighted by molar-refractivity contribution is 5.84. The van der Waals surface area contributed by atoms with Crippen LogP contribution in [0.15, 0.2) is 43.0 Å². The monoisotopic (exact) mass is 236 g/mol. The Hall–Kier alpha value is -2.87. The second-order valence-electron chi connectivity index (χ2n) is 3.82. The molecule has 5 nitrogen and oxygen atoms in total. The van der Waals surface area contributed by atoms with Gasteiger partial charge >= 0.3 is 0 Å². The van der Waals surface area contributed by atoms with Gasteiger partial charge in [-0.3, -0.25) is 4.98 Å². The molecule has 0 atom stereocenters. The number of hydrogen-bond acceptors (Lipinski definition) is 4. The molecule has 0 spiro atoms. The maximum atomic E-state index is 9.69. The van der Waals surface area contributed by atoms with Crippen LogP contribution in [0.3, 0.4) is 0 Å². The van der Waals surface area contributed by atoms with Crippen molar-refractivity contribution in [3.05, 3.63) is 48.5 Å². The topological polar surface area (TPSA) is 74.2 Å². The first-order valence-corrected chi connectivity index (χ1v) is 5.30. The minimum Gasteiger partial charge on any atom is -0.506 e. The summed E-state index contributed by atoms with van der Waals surface area (Å²) in [5.41, 5.74) is 2.70. The fourth-order valence-corrected chi connectivity index (χ4v) is 1.93. The molecule has 3 rings (SSSR count). The molecule has 0 aliphatic heterocycles. The van der Waals surface area contributed by atoms with Crippen LogP contribution >= 0.6 is 0 Å². The standard InChI is InChI=1S/C13H8N4O/c14-5-10-7-16-17-8-11(18)4-12(13(10)17)9-2-1-3-15-6-9/h1-4,6-8,18H. The lowest BCUT2D eigenvalue weighted by molar-refractivity contribution is 0.471. The largest absolute Gasteiger partial charge is 0.506 e. The zero-order chi connectivity index (χ0) is 12.5. The highest BCUT2D eigenvalue weighted by Crippen LogP contribution is 2.29. The number of aromatic hydroxyl groups is 1. The predicted molar refractivity (Wildman–Crippen MR) is 64.8 cm³/mol. The van der Waals surface area contributed by atoms with Gasteiger partial charge in [-0.25, -0.2) is 4.52 Å². The van der Waals surface area contributed by atoms with Crippen LogP contribution in [0.5, 0.6) is 5.75 Å². The maximum absolute atomic E-state index is 9.69. The van der Waals surface area contributed by atoms with Crippen LogP contribution in [-0.2, 0) is 0 Å². The summed E-state index contributed by atoms with van der Waals surface area (Å²) in [6.45, 7) is 0. The van der Waals surface area contributed by atoms with E-state index in [0.29, 0.717) is 11.1 Å². The average molecular weight is 236 g/mol. The quantitative estimate of drug-likeness (QED) is 0.701. The normalized spacial score (nSPS) is 10.4. The highest BCUT2D eigenvalue weighted by atomic mass is 16.3. The molecule has 0 amide bonds. The Morgan fingerprint density at radius 1 is 1.33 bits per heavy atom. The van der Waals surface area contributed by atoms with Crippen LogP contribution in [-0.4, -0.2) is 19.7 Å². The lowest BCUT2D eigenvalue weighted by atomic mass is 10.1. The van der Waals surface area contributed by atoms with E-state index in [2.05, 4.69) is 16.2 Å². The number of aromatic nitrogens is 3. The molecule has 0 bridgehead atoms. The summed E-state index contributed by atoms with van der Waals surface area (Å²) in [5.74, 6) is 0.0916. The first-order chi connectivity index (χ1) is 8.79. The lowest BCUT2D eigenvalue weighted by Crippen LogP contribution is -1.90. The molecule has 0 aliphatic carbocycles. The Bertz CT molecular complexity index is 756. The molecule has 5 heteroatoms. The Morgan fingerprint density at radius 3 is 2.94 bits per heavy atom. The first-order valence-electron chi connectivity index (χ1n) is 5.30. The zero-order valence-corrected chi connectivity index (χ0v) is 9.28. The van der Waals surface area contributed by atoms with Gasteiger partial charge in [0.15, 0.2) is 0 Å². The molecule has 0 saturated carbocycles. The molecule has 0 aliphatic rings. The van der Waals surface area contributed by atoms with E-state index in [0.717, 1.165) is 11.1 Å². The number of nitrogens with zero attached hydrogens (tertiary/aromatic N) is 4. The number of pyridine rings is 2. The van der Waals surface area contributed by atoms with Crippen LogP contribution in [0.2, 0.25) is 0 Å². The first kappa shape index (κ1) is 10.3. The highest BCUT2D eigenvalue weighted by Gasteiger charge is 2.12. The van der Waals surface area contributed by atoms with Crippen LogP contribution in [0.4, 0.5) is 0 Å². The molecule has 0 saturated heterocycles. The van der Waals surface area contributed by atoms with Gasteiger partial charge in [0.25, 0.3) is 0 Å². The van der Waals surface area contributed by atoms with Crippen LogP contribution in [0, 0.1) is 11.3 Å². The van der Waals surface area contributed by atoms with Crippen LogP contribution in [0.1, 0.15) is 5.56 Å². The molecule has 0 aromatic carbocycles. The number of fused-ring (bicyclic) bond motifs is 1. The van der Waals surface area contributed by atoms with Gasteiger partial charge in [-0.2, -0.15) is 10.4 Å². The molecule has 86 valence electrons. The van der Waals surface area contributed by atoms with Gasteiger partial charge < -0.3 is 5.11 Å². The van der Waals surface area contributed by atoms with Crippen molar-refractivity contribution in [1.82, 2.24) is 14.6 Å². The summed E-state index contributed by atoms with van der Waals surface area (Å²) in [5, 5.41) is 22.8. The molecule has 0 radical (unpaired) electrons. The summed E-state index contributed by atoms with van der Waals surface area (Å²) in [6, 6.07) is 7.38. The van der Waals surface area contributed by atoms with Gasteiger partial charge in [0.2, 0.25) is 0 Å². The third-order valence-corrected chi connectivity index (χ3v) is 2.69. The van der Waals surface area contributed by atoms with Gasteiger partial charge in [-0.1, -0.05) is 6.07 Å². The van der Waals surface area contributed by atoms with E-state index in [-0.39, 0.29) is 5.75 Å². The van der Waals surface area contributed by atoms with Crippen molar-refractivity contribution >= 4 is 5.52 Å². The summed E-state index contributed by atoms with van der Waals surface area (Å²) in [7, 11) is 0. The van der Waals surface area contributed by atoms with E-state index in [1.54, 1.807) is 24.5 Å². The van der Waals surface area contributed by atoms with E-state index >= 15 is 0 Å². The Balaban J connectivity index is 2.41. The zero-order valence-electron chi connectivity index (χ0n) is 9.28. The van der Waals surface area contributed by atoms with Crippen LogP contribution in [0.25, 0.3) is 16.6 Å². The van der Waals surface area contributed by atoms with Gasteiger partial charge in [-0.05, 0) is 12.1 Å². The number of rotatable bonds is 1. The molecule has 3 aromatic rings. The van der Waals surface area contributed by atoms with E-state index in [9.17, 15) is 5.11 Å². The minimum absolute atomic E-state index is 0.0916. The fraction of sp³-hybridized carbons (Fsp3) is 0. The third kappa shape index (κ3) is 1.48. The molecule has 18 heavy (non-hydrogen) atoms. The smallest absolute Gasteiger partial charge is 0.134 e. The van der Waals surface area contributed by atoms with Gasteiger partial charge in [0.1, 0.15) is 11.8 Å². The minimum atomic E-state index is 0.0916. The van der Waals surface area contributed by atoms with Crippen molar-refractivity contribution in [2.24, 2.45) is 0 Å². The number of nitriles is 1. The van der Waals surface area contributed by atoms with Crippen molar-refractivity contribution in [3.8, 4) is 22.9 Å². The van der Waals surface area contributed by atoms with Crippen LogP contribution < -0.4 is 0 Å². The molecular formula is C13H8N4O. The summed E-state index contributed by atoms with van der Waals surface area (Å²) < 4.78 is 1.50. The van der Waals surface area contributed by atoms with Crippen molar-refractivity contribution in [1.29, 1.82) is 5.26 Å². The Labute approximate surface area is 103 Å². The van der Waals surface area contributed by atoms with Crippen molar-refractivity contribution in [2.75, 3.05) is 0 Å². The Morgan fingerprint density at radius 2 is 2.22 bits per heavy atom. The lowest BCUT2D eigenvalue weighted by Gasteiger charge is -2.05. The second kappa shape index (κ2) is 3.86. The van der Waals surface area contributed by atoms with Gasteiger partial charge in [0, 0.05) is 23.5 Å². The summed E-state index contributed by atoms with van der Waals surface area (Å²) in [6.07, 6.45) is 6.30. The van der Waals surface area contributed by atoms with E-state index in [1.807, 2.05) is 6.07 Å². The molecule has 0 unspecified atom stereocenters. The molecule has 3 aromatic heterocycles. The fourth-order valence-electron chi connectivity index (χ4n) is 1.93. The van der Waals surface area contributed by atoms with Gasteiger partial charge in [-0.15, -0.1) is 0 Å². The molecule has 3 heterocycles. The maximum Gasteiger partial charge on any atom is 0.134 e. The predicted octanol–water partition coefficient (Wildman–Crippen LogP) is 1.97. The molecule has 1 N–H and O–H groups in total.